The van der Waals surface area contributed by atoms with Crippen molar-refractivity contribution in [3.63, 3.8) is 0 Å². The number of nitrogens with zero attached hydrogens (tertiary/aromatic N) is 2. The van der Waals surface area contributed by atoms with Crippen molar-refractivity contribution in [2.24, 2.45) is 0 Å². The van der Waals surface area contributed by atoms with Crippen LogP contribution >= 0.6 is 0 Å². The van der Waals surface area contributed by atoms with Crippen LogP contribution in [0.2, 0.25) is 19.6 Å². The van der Waals surface area contributed by atoms with Crippen molar-refractivity contribution in [2.75, 3.05) is 14.1 Å². The van der Waals surface area contributed by atoms with Gasteiger partial charge in [-0.05, 0) is 75.3 Å². The minimum absolute atomic E-state index is 0.0196. The Kier molecular flexibility index (Phi) is 35.3. The summed E-state index contributed by atoms with van der Waals surface area (Å²) in [6.07, 6.45) is -1.16. The molecular formula is C92H99N7O16Si. The lowest BCUT2D eigenvalue weighted by molar-refractivity contribution is -0.144. The molecule has 602 valence electrons. The summed E-state index contributed by atoms with van der Waals surface area (Å²) >= 11 is 0. The van der Waals surface area contributed by atoms with Gasteiger partial charge in [0.15, 0.2) is 0 Å². The highest BCUT2D eigenvalue weighted by Crippen LogP contribution is 2.19. The van der Waals surface area contributed by atoms with Gasteiger partial charge in [0.2, 0.25) is 31.9 Å². The van der Waals surface area contributed by atoms with Crippen LogP contribution in [0.25, 0.3) is 0 Å². The number of hydrogen-bond acceptors (Lipinski definition) is 14. The average molecular weight is 1590 g/mol. The summed E-state index contributed by atoms with van der Waals surface area (Å²) in [5.74, 6) is -4.96. The molecule has 0 aliphatic heterocycles. The molecule has 24 heteroatoms. The van der Waals surface area contributed by atoms with Gasteiger partial charge < -0.3 is 65.2 Å². The van der Waals surface area contributed by atoms with Gasteiger partial charge in [-0.1, -0.05) is 303 Å². The molecule has 7 atom stereocenters. The van der Waals surface area contributed by atoms with Crippen LogP contribution in [-0.2, 0) is 117 Å². The number of ether oxygens (including phenoxy) is 3. The maximum Gasteiger partial charge on any atom is 0.408 e. The van der Waals surface area contributed by atoms with Gasteiger partial charge in [0.25, 0.3) is 0 Å². The van der Waals surface area contributed by atoms with Crippen molar-refractivity contribution in [2.45, 2.75) is 127 Å². The number of carbonyl (C=O) groups is 10. The number of rotatable bonds is 35. The lowest BCUT2D eigenvalue weighted by atomic mass is 10.00. The zero-order valence-corrected chi connectivity index (χ0v) is 66.5. The third kappa shape index (κ3) is 31.2. The van der Waals surface area contributed by atoms with Gasteiger partial charge in [0.05, 0.1) is 0 Å². The molecule has 7 amide bonds. The van der Waals surface area contributed by atoms with Crippen LogP contribution in [0.3, 0.4) is 0 Å². The number of aliphatic carboxylic acids is 2. The fourth-order valence-corrected chi connectivity index (χ4v) is 12.9. The Morgan fingerprint density at radius 3 is 0.724 bits per heavy atom. The zero-order chi connectivity index (χ0) is 83.0. The number of carboxylic acid groups (broad SMARTS) is 2. The first-order valence-electron chi connectivity index (χ1n) is 37.9. The molecule has 0 saturated heterocycles. The molecule has 0 aromatic heterocycles. The molecule has 0 unspecified atom stereocenters. The normalized spacial score (nSPS) is 12.5. The molecule has 0 aliphatic carbocycles. The minimum Gasteiger partial charge on any atom is -0.518 e. The monoisotopic (exact) mass is 1590 g/mol. The highest BCUT2D eigenvalue weighted by Gasteiger charge is 2.38. The summed E-state index contributed by atoms with van der Waals surface area (Å²) in [6, 6.07) is 84.7. The van der Waals surface area contributed by atoms with Gasteiger partial charge in [-0.15, -0.1) is 0 Å². The number of carboxylic acids is 2. The summed E-state index contributed by atoms with van der Waals surface area (Å²) in [7, 11) is 0.729. The van der Waals surface area contributed by atoms with E-state index in [1.807, 2.05) is 299 Å². The van der Waals surface area contributed by atoms with E-state index in [4.69, 9.17) is 18.6 Å². The standard InChI is InChI=1S/C39H45N3O6Si.C36H37N3O6.C17H17NO4/c1-42(37(44)33(25-29-17-9-5-10-18-29)41-39(46)47-28-32-23-15-8-16-24-32)35(27-31-21-13-7-14-22-31)36(43)40-34(38(45)48-49(2,3)4)26-30-19-11-6-12-20-30;1-39(34(41)30(22-26-14-6-2-7-15-26)38-36(44)45-25-29-20-12-5-13-21-29)32(24-28-18-10-4-11-19-28)33(40)37-31(35(42)43)23-27-16-8-3-9-17-27;19-16(20)15(11-13-7-3-1-4-8-13)18-17(21)22-12-14-9-5-2-6-10-14/h5-24,33-35H,25-28H2,1-4H3,(H,40,43)(H,41,46);2-21,30-32H,22-25H2,1H3,(H,37,40)(H,38,44)(H,42,43);1-10,15H,11-12H2,(H,18,21)(H,19,20)/t33-,34-,35-;30-,31-,32-;15-/m000/s1. The first-order chi connectivity index (χ1) is 55.9. The second-order valence-electron chi connectivity index (χ2n) is 28.4. The molecule has 0 bridgehead atoms. The fraction of sp³-hybridized carbons (Fsp3) is 0.239. The number of nitrogens with one attached hydrogen (secondary N) is 5. The van der Waals surface area contributed by atoms with E-state index in [1.54, 1.807) is 24.3 Å². The molecule has 7 N–H and O–H groups in total. The highest BCUT2D eigenvalue weighted by molar-refractivity contribution is 6.71. The van der Waals surface area contributed by atoms with E-state index in [-0.39, 0.29) is 64.8 Å². The highest BCUT2D eigenvalue weighted by atomic mass is 28.4. The lowest BCUT2D eigenvalue weighted by Crippen LogP contribution is -2.58. The van der Waals surface area contributed by atoms with Crippen LogP contribution < -0.4 is 26.6 Å². The topological polar surface area (TPSA) is 315 Å². The Hall–Kier alpha value is -13.5. The smallest absolute Gasteiger partial charge is 0.408 e. The van der Waals surface area contributed by atoms with E-state index >= 15 is 0 Å². The van der Waals surface area contributed by atoms with E-state index < -0.39 is 110 Å². The number of likely N-dealkylation sites (N-methyl/N-ethyl adjacent to an activating group) is 2. The van der Waals surface area contributed by atoms with Crippen molar-refractivity contribution >= 4 is 68.1 Å². The Bertz CT molecular complexity index is 4700. The number of amides is 7. The van der Waals surface area contributed by atoms with E-state index in [1.165, 1.54) is 23.9 Å². The van der Waals surface area contributed by atoms with Crippen LogP contribution in [0.5, 0.6) is 0 Å². The Morgan fingerprint density at radius 1 is 0.284 bits per heavy atom. The van der Waals surface area contributed by atoms with Crippen molar-refractivity contribution in [1.82, 2.24) is 36.4 Å². The fourth-order valence-electron chi connectivity index (χ4n) is 12.2. The molecule has 0 radical (unpaired) electrons. The molecule has 10 aromatic carbocycles. The maximum atomic E-state index is 14.3. The third-order valence-corrected chi connectivity index (χ3v) is 19.0. The van der Waals surface area contributed by atoms with Gasteiger partial charge in [0, 0.05) is 59.0 Å². The SMILES string of the molecule is CN(C(=O)[C@H](Cc1ccccc1)NC(=O)OCc1ccccc1)[C@@H](Cc1ccccc1)C(=O)N[C@@H](Cc1ccccc1)C(=O)O.CN(C(=O)[C@H](Cc1ccccc1)NC(=O)OCc1ccccc1)[C@@H](Cc1ccccc1)C(=O)N[C@@H](Cc1ccccc1)C(=O)O[Si](C)(C)C.O=C(N[C@@H](Cc1ccccc1)C(=O)O)OCc1ccccc1. The zero-order valence-electron chi connectivity index (χ0n) is 65.5. The predicted octanol–water partition coefficient (Wildman–Crippen LogP) is 12.7. The first kappa shape index (κ1) is 88.1. The summed E-state index contributed by atoms with van der Waals surface area (Å²) in [5, 5.41) is 32.5. The van der Waals surface area contributed by atoms with Crippen LogP contribution in [0, 0.1) is 0 Å². The van der Waals surface area contributed by atoms with Crippen LogP contribution in [0.4, 0.5) is 14.4 Å². The molecule has 10 aromatic rings. The molecule has 10 rings (SSSR count). The van der Waals surface area contributed by atoms with Crippen molar-refractivity contribution < 1.29 is 76.8 Å². The second kappa shape index (κ2) is 46.5. The number of benzene rings is 10. The van der Waals surface area contributed by atoms with E-state index in [0.717, 1.165) is 55.6 Å². The van der Waals surface area contributed by atoms with Gasteiger partial charge in [-0.2, -0.15) is 0 Å². The molecule has 0 heterocycles. The number of alkyl carbamates (subject to hydrolysis) is 3. The maximum absolute atomic E-state index is 14.3. The lowest BCUT2D eigenvalue weighted by Gasteiger charge is -2.32. The number of hydrogen-bond donors (Lipinski definition) is 7. The Balaban J connectivity index is 0.000000232. The van der Waals surface area contributed by atoms with Gasteiger partial charge in [-0.3, -0.25) is 24.0 Å². The Labute approximate surface area is 677 Å². The summed E-state index contributed by atoms with van der Waals surface area (Å²) in [5.41, 5.74) is 8.08. The minimum atomic E-state index is -2.29. The third-order valence-electron chi connectivity index (χ3n) is 18.2. The second-order valence-corrected chi connectivity index (χ2v) is 32.8. The van der Waals surface area contributed by atoms with Gasteiger partial charge in [0.1, 0.15) is 62.1 Å². The van der Waals surface area contributed by atoms with Crippen LogP contribution in [-0.4, -0.2) is 145 Å². The van der Waals surface area contributed by atoms with Crippen LogP contribution in [0.1, 0.15) is 55.6 Å². The molecule has 0 aliphatic rings. The largest absolute Gasteiger partial charge is 0.518 e. The summed E-state index contributed by atoms with van der Waals surface area (Å²) in [4.78, 5) is 133. The van der Waals surface area contributed by atoms with E-state index in [9.17, 15) is 58.2 Å². The molecule has 0 fully saturated rings. The molecule has 0 spiro atoms. The molecule has 116 heavy (non-hydrogen) atoms. The molecular weight excluding hydrogens is 1490 g/mol. The van der Waals surface area contributed by atoms with Crippen molar-refractivity contribution in [1.29, 1.82) is 0 Å². The summed E-state index contributed by atoms with van der Waals surface area (Å²) < 4.78 is 21.7. The van der Waals surface area contributed by atoms with Crippen molar-refractivity contribution in [3.05, 3.63) is 359 Å². The summed E-state index contributed by atoms with van der Waals surface area (Å²) in [6.45, 7) is 5.87. The molecule has 23 nitrogen and oxygen atoms in total. The average Bonchev–Trinajstić information content (AvgIpc) is 0.828. The van der Waals surface area contributed by atoms with E-state index in [0.29, 0.717) is 0 Å². The predicted molar refractivity (Wildman–Crippen MR) is 443 cm³/mol. The number of carbonyl (C=O) groups excluding carboxylic acids is 8. The first-order valence-corrected chi connectivity index (χ1v) is 41.4. The Morgan fingerprint density at radius 2 is 0.483 bits per heavy atom. The molecule has 0 saturated carbocycles. The van der Waals surface area contributed by atoms with Crippen molar-refractivity contribution in [3.8, 4) is 0 Å². The van der Waals surface area contributed by atoms with Gasteiger partial charge >= 0.3 is 36.2 Å². The van der Waals surface area contributed by atoms with E-state index in [2.05, 4.69) is 26.6 Å². The van der Waals surface area contributed by atoms with Gasteiger partial charge in [-0.25, -0.2) is 24.0 Å². The van der Waals surface area contributed by atoms with Crippen LogP contribution in [0.15, 0.2) is 303 Å². The quantitative estimate of drug-likeness (QED) is 0.0143.